The molecular weight excluding hydrogens is 266 g/mol. The summed E-state index contributed by atoms with van der Waals surface area (Å²) in [6.45, 7) is 8.77. The van der Waals surface area contributed by atoms with Crippen LogP contribution in [0.25, 0.3) is 6.08 Å². The zero-order valence-corrected chi connectivity index (χ0v) is 13.3. The molecule has 1 aromatic carbocycles. The van der Waals surface area contributed by atoms with Gasteiger partial charge in [0, 0.05) is 25.2 Å². The first-order valence-corrected chi connectivity index (χ1v) is 6.87. The van der Waals surface area contributed by atoms with E-state index in [1.54, 1.807) is 24.1 Å². The highest BCUT2D eigenvalue weighted by molar-refractivity contribution is 5.95. The molecule has 0 aliphatic rings. The van der Waals surface area contributed by atoms with E-state index in [-0.39, 0.29) is 11.3 Å². The average molecular weight is 289 g/mol. The minimum atomic E-state index is -1.00. The van der Waals surface area contributed by atoms with Gasteiger partial charge in [-0.3, -0.25) is 4.79 Å². The van der Waals surface area contributed by atoms with E-state index in [0.717, 1.165) is 17.2 Å². The Morgan fingerprint density at radius 3 is 2.43 bits per heavy atom. The van der Waals surface area contributed by atoms with Gasteiger partial charge in [0.2, 0.25) is 0 Å². The van der Waals surface area contributed by atoms with Crippen LogP contribution < -0.4 is 0 Å². The summed E-state index contributed by atoms with van der Waals surface area (Å²) >= 11 is 0. The third kappa shape index (κ3) is 5.42. The van der Waals surface area contributed by atoms with E-state index in [4.69, 9.17) is 5.11 Å². The summed E-state index contributed by atoms with van der Waals surface area (Å²) in [5.41, 5.74) is 2.27. The van der Waals surface area contributed by atoms with Crippen molar-refractivity contribution < 1.29 is 14.7 Å². The standard InChI is InChI=1S/C17H23NO3/c1-12-6-7-14(10-13(12)8-9-15(19)20)16(21)18(5)11-17(2,3)4/h6-10H,11H2,1-5H3,(H,19,20)/b9-8+. The number of carboxylic acid groups (broad SMARTS) is 1. The molecule has 0 atom stereocenters. The number of carbonyl (C=O) groups excluding carboxylic acids is 1. The minimum Gasteiger partial charge on any atom is -0.478 e. The van der Waals surface area contributed by atoms with Crippen molar-refractivity contribution in [2.24, 2.45) is 5.41 Å². The molecule has 1 rings (SSSR count). The number of aliphatic carboxylic acids is 1. The van der Waals surface area contributed by atoms with Gasteiger partial charge in [0.25, 0.3) is 5.91 Å². The van der Waals surface area contributed by atoms with Crippen LogP contribution in [0.4, 0.5) is 0 Å². The summed E-state index contributed by atoms with van der Waals surface area (Å²) < 4.78 is 0. The van der Waals surface area contributed by atoms with Crippen molar-refractivity contribution >= 4 is 18.0 Å². The van der Waals surface area contributed by atoms with Gasteiger partial charge >= 0.3 is 5.97 Å². The Kier molecular flexibility index (Phi) is 5.30. The predicted octanol–water partition coefficient (Wildman–Crippen LogP) is 3.21. The summed E-state index contributed by atoms with van der Waals surface area (Å²) in [6, 6.07) is 5.34. The number of amides is 1. The smallest absolute Gasteiger partial charge is 0.328 e. The van der Waals surface area contributed by atoms with Crippen molar-refractivity contribution in [3.63, 3.8) is 0 Å². The Morgan fingerprint density at radius 1 is 1.29 bits per heavy atom. The van der Waals surface area contributed by atoms with Gasteiger partial charge in [-0.2, -0.15) is 0 Å². The molecule has 0 aliphatic heterocycles. The van der Waals surface area contributed by atoms with Gasteiger partial charge in [-0.15, -0.1) is 0 Å². The molecule has 1 N–H and O–H groups in total. The van der Waals surface area contributed by atoms with Crippen LogP contribution in [-0.4, -0.2) is 35.5 Å². The zero-order valence-electron chi connectivity index (χ0n) is 13.3. The van der Waals surface area contributed by atoms with Crippen LogP contribution >= 0.6 is 0 Å². The maximum absolute atomic E-state index is 12.4. The third-order valence-corrected chi connectivity index (χ3v) is 2.99. The number of hydrogen-bond donors (Lipinski definition) is 1. The number of carbonyl (C=O) groups is 2. The lowest BCUT2D eigenvalue weighted by atomic mass is 9.95. The molecule has 0 aliphatic carbocycles. The number of nitrogens with zero attached hydrogens (tertiary/aromatic N) is 1. The van der Waals surface area contributed by atoms with Crippen LogP contribution in [0, 0.1) is 12.3 Å². The number of aryl methyl sites for hydroxylation is 1. The fraction of sp³-hybridized carbons (Fsp3) is 0.412. The van der Waals surface area contributed by atoms with Gasteiger partial charge in [0.15, 0.2) is 0 Å². The molecule has 4 heteroatoms. The first kappa shape index (κ1) is 17.0. The lowest BCUT2D eigenvalue weighted by molar-refractivity contribution is -0.131. The lowest BCUT2D eigenvalue weighted by Gasteiger charge is -2.26. The predicted molar refractivity (Wildman–Crippen MR) is 84.3 cm³/mol. The number of rotatable bonds is 4. The van der Waals surface area contributed by atoms with E-state index in [1.165, 1.54) is 6.08 Å². The lowest BCUT2D eigenvalue weighted by Crippen LogP contribution is -2.34. The van der Waals surface area contributed by atoms with Crippen molar-refractivity contribution in [1.82, 2.24) is 4.90 Å². The van der Waals surface area contributed by atoms with Crippen LogP contribution in [0.5, 0.6) is 0 Å². The van der Waals surface area contributed by atoms with Gasteiger partial charge < -0.3 is 10.0 Å². The highest BCUT2D eigenvalue weighted by Gasteiger charge is 2.19. The molecule has 0 saturated heterocycles. The molecule has 114 valence electrons. The Labute approximate surface area is 126 Å². The first-order valence-electron chi connectivity index (χ1n) is 6.87. The summed E-state index contributed by atoms with van der Waals surface area (Å²) in [6.07, 6.45) is 2.59. The van der Waals surface area contributed by atoms with Crippen molar-refractivity contribution in [2.75, 3.05) is 13.6 Å². The van der Waals surface area contributed by atoms with Crippen LogP contribution in [0.1, 0.15) is 42.3 Å². The van der Waals surface area contributed by atoms with Gasteiger partial charge in [-0.25, -0.2) is 4.79 Å². The van der Waals surface area contributed by atoms with Gasteiger partial charge in [0.05, 0.1) is 0 Å². The minimum absolute atomic E-state index is 0.0289. The first-order chi connectivity index (χ1) is 9.60. The number of hydrogen-bond acceptors (Lipinski definition) is 2. The van der Waals surface area contributed by atoms with Crippen molar-refractivity contribution in [3.05, 3.63) is 41.0 Å². The van der Waals surface area contributed by atoms with E-state index >= 15 is 0 Å². The van der Waals surface area contributed by atoms with Gasteiger partial charge in [-0.05, 0) is 41.7 Å². The van der Waals surface area contributed by atoms with Crippen molar-refractivity contribution in [3.8, 4) is 0 Å². The van der Waals surface area contributed by atoms with E-state index in [2.05, 4.69) is 20.8 Å². The second-order valence-electron chi connectivity index (χ2n) is 6.46. The molecule has 1 aromatic rings. The van der Waals surface area contributed by atoms with E-state index in [9.17, 15) is 9.59 Å². The summed E-state index contributed by atoms with van der Waals surface area (Å²) in [5.74, 6) is -1.06. The largest absolute Gasteiger partial charge is 0.478 e. The second kappa shape index (κ2) is 6.57. The Balaban J connectivity index is 3.01. The highest BCUT2D eigenvalue weighted by atomic mass is 16.4. The SMILES string of the molecule is Cc1ccc(C(=O)N(C)CC(C)(C)C)cc1/C=C/C(=O)O. The summed E-state index contributed by atoms with van der Waals surface area (Å²) in [4.78, 5) is 24.7. The zero-order chi connectivity index (χ0) is 16.2. The van der Waals surface area contributed by atoms with Crippen LogP contribution in [0.2, 0.25) is 0 Å². The normalized spacial score (nSPS) is 11.7. The average Bonchev–Trinajstić information content (AvgIpc) is 2.34. The molecule has 0 fully saturated rings. The molecule has 1 amide bonds. The van der Waals surface area contributed by atoms with Crippen molar-refractivity contribution in [1.29, 1.82) is 0 Å². The number of carboxylic acids is 1. The van der Waals surface area contributed by atoms with E-state index < -0.39 is 5.97 Å². The maximum Gasteiger partial charge on any atom is 0.328 e. The fourth-order valence-corrected chi connectivity index (χ4v) is 2.12. The topological polar surface area (TPSA) is 57.6 Å². The molecule has 0 saturated carbocycles. The van der Waals surface area contributed by atoms with Crippen LogP contribution in [0.3, 0.4) is 0 Å². The quantitative estimate of drug-likeness (QED) is 0.866. The Morgan fingerprint density at radius 2 is 1.90 bits per heavy atom. The molecular formula is C17H23NO3. The molecule has 4 nitrogen and oxygen atoms in total. The second-order valence-corrected chi connectivity index (χ2v) is 6.46. The monoisotopic (exact) mass is 289 g/mol. The fourth-order valence-electron chi connectivity index (χ4n) is 2.12. The van der Waals surface area contributed by atoms with Gasteiger partial charge in [0.1, 0.15) is 0 Å². The maximum atomic E-state index is 12.4. The van der Waals surface area contributed by atoms with E-state index in [1.807, 2.05) is 13.0 Å². The summed E-state index contributed by atoms with van der Waals surface area (Å²) in [5, 5.41) is 8.70. The Hall–Kier alpha value is -2.10. The van der Waals surface area contributed by atoms with E-state index in [0.29, 0.717) is 12.1 Å². The summed E-state index contributed by atoms with van der Waals surface area (Å²) in [7, 11) is 1.78. The Bertz CT molecular complexity index is 568. The molecule has 0 bridgehead atoms. The highest BCUT2D eigenvalue weighted by Crippen LogP contribution is 2.18. The molecule has 0 aromatic heterocycles. The molecule has 0 unspecified atom stereocenters. The van der Waals surface area contributed by atoms with Crippen LogP contribution in [0.15, 0.2) is 24.3 Å². The molecule has 0 radical (unpaired) electrons. The molecule has 0 spiro atoms. The molecule has 21 heavy (non-hydrogen) atoms. The van der Waals surface area contributed by atoms with Crippen molar-refractivity contribution in [2.45, 2.75) is 27.7 Å². The third-order valence-electron chi connectivity index (χ3n) is 2.99. The molecule has 0 heterocycles. The van der Waals surface area contributed by atoms with Crippen LogP contribution in [-0.2, 0) is 4.79 Å². The number of benzene rings is 1. The van der Waals surface area contributed by atoms with Gasteiger partial charge in [-0.1, -0.05) is 26.8 Å².